The first-order valence-corrected chi connectivity index (χ1v) is 20.8. The molecule has 5 heteroatoms. The Bertz CT molecular complexity index is 1860. The third-order valence-electron chi connectivity index (χ3n) is 9.94. The van der Waals surface area contributed by atoms with Crippen molar-refractivity contribution in [3.8, 4) is 11.1 Å². The molecule has 0 N–H and O–H groups in total. The van der Waals surface area contributed by atoms with Gasteiger partial charge >= 0.3 is 290 Å². The van der Waals surface area contributed by atoms with Crippen LogP contribution < -0.4 is 28.1 Å². The molecule has 0 saturated heterocycles. The van der Waals surface area contributed by atoms with Gasteiger partial charge in [0.25, 0.3) is 0 Å². The van der Waals surface area contributed by atoms with Crippen LogP contribution in [0, 0.1) is 39.0 Å². The predicted octanol–water partition coefficient (Wildman–Crippen LogP) is 5.61. The summed E-state index contributed by atoms with van der Waals surface area (Å²) in [6.45, 7) is 18.7. The van der Waals surface area contributed by atoms with Crippen molar-refractivity contribution in [2.75, 3.05) is 0 Å². The molecule has 2 aliphatic carbocycles. The van der Waals surface area contributed by atoms with E-state index < -0.39 is 21.3 Å². The summed E-state index contributed by atoms with van der Waals surface area (Å²) < 4.78 is 4.87. The number of rotatable bonds is 6. The van der Waals surface area contributed by atoms with Crippen LogP contribution in [-0.4, -0.2) is 3.21 Å². The third kappa shape index (κ3) is 7.42. The van der Waals surface area contributed by atoms with E-state index in [0.717, 1.165) is 16.5 Å². The van der Waals surface area contributed by atoms with Gasteiger partial charge in [-0.3, -0.25) is 0 Å². The molecule has 1 unspecified atom stereocenters. The van der Waals surface area contributed by atoms with E-state index >= 15 is 0 Å². The maximum absolute atomic E-state index is 6.51. The SMILES string of the molecule is CCCC1C=C(C(C)(C)C)C=[C]1[Zr+2](=[C](c1ccc(Cl)cc1)c1ccc(Cl)cc1)[c]1c(C)c(C)cc2c1Cc1cc(C)c(C)cc1-2.[Cl-].[Cl-]. The van der Waals surface area contributed by atoms with E-state index in [2.05, 4.69) is 134 Å². The van der Waals surface area contributed by atoms with E-state index in [-0.39, 0.29) is 30.2 Å². The average Bonchev–Trinajstić information content (AvgIpc) is 3.56. The van der Waals surface area contributed by atoms with Crippen molar-refractivity contribution in [2.24, 2.45) is 11.3 Å². The number of hydrogen-bond acceptors (Lipinski definition) is 0. The van der Waals surface area contributed by atoms with Crippen molar-refractivity contribution in [2.45, 2.75) is 74.7 Å². The number of allylic oxidation sites excluding steroid dienone is 4. The summed E-state index contributed by atoms with van der Waals surface area (Å²) in [5.41, 5.74) is 15.7. The Labute approximate surface area is 312 Å². The molecular weight excluding hydrogens is 737 g/mol. The van der Waals surface area contributed by atoms with Crippen LogP contribution in [0.2, 0.25) is 10.0 Å². The second-order valence-electron chi connectivity index (χ2n) is 14.1. The summed E-state index contributed by atoms with van der Waals surface area (Å²) in [4.78, 5) is 0. The molecule has 2 aliphatic rings. The second kappa shape index (κ2) is 15.0. The molecule has 0 aromatic heterocycles. The number of benzene rings is 4. The first kappa shape index (κ1) is 38.1. The van der Waals surface area contributed by atoms with Gasteiger partial charge < -0.3 is 24.8 Å². The largest absolute Gasteiger partial charge is 1.00 e. The first-order chi connectivity index (χ1) is 21.4. The van der Waals surface area contributed by atoms with E-state index in [4.69, 9.17) is 23.2 Å². The molecule has 6 rings (SSSR count). The van der Waals surface area contributed by atoms with Gasteiger partial charge in [-0.1, -0.05) is 0 Å². The molecule has 0 radical (unpaired) electrons. The number of hydrogen-bond donors (Lipinski definition) is 0. The fourth-order valence-corrected chi connectivity index (χ4v) is 16.6. The van der Waals surface area contributed by atoms with Crippen LogP contribution >= 0.6 is 23.2 Å². The maximum atomic E-state index is 6.51. The molecular formula is C42H44Cl4Zr. The van der Waals surface area contributed by atoms with Crippen LogP contribution in [0.3, 0.4) is 0 Å². The Hall–Kier alpha value is -1.73. The molecule has 47 heavy (non-hydrogen) atoms. The van der Waals surface area contributed by atoms with Crippen molar-refractivity contribution in [3.63, 3.8) is 0 Å². The Morgan fingerprint density at radius 2 is 1.30 bits per heavy atom. The minimum Gasteiger partial charge on any atom is -1.00 e. The van der Waals surface area contributed by atoms with Gasteiger partial charge in [0, 0.05) is 0 Å². The zero-order valence-corrected chi connectivity index (χ0v) is 34.2. The van der Waals surface area contributed by atoms with Gasteiger partial charge in [-0.25, -0.2) is 0 Å². The molecule has 0 fully saturated rings. The first-order valence-electron chi connectivity index (χ1n) is 16.3. The molecule has 4 aromatic rings. The van der Waals surface area contributed by atoms with Crippen molar-refractivity contribution in [3.05, 3.63) is 142 Å². The Balaban J connectivity index is 0.00000250. The molecule has 0 nitrogen and oxygen atoms in total. The summed E-state index contributed by atoms with van der Waals surface area (Å²) in [6.07, 6.45) is 8.61. The zero-order chi connectivity index (χ0) is 32.2. The minimum atomic E-state index is -2.96. The smallest absolute Gasteiger partial charge is 1.00 e. The van der Waals surface area contributed by atoms with Crippen LogP contribution in [0.25, 0.3) is 11.1 Å². The Morgan fingerprint density at radius 1 is 0.766 bits per heavy atom. The van der Waals surface area contributed by atoms with Crippen LogP contribution in [-0.2, 0) is 27.7 Å². The van der Waals surface area contributed by atoms with Crippen LogP contribution in [0.4, 0.5) is 0 Å². The van der Waals surface area contributed by atoms with E-state index in [0.29, 0.717) is 5.92 Å². The standard InChI is InChI=1S/C17H17.C13H8Cl2.C12H19.2ClH.Zr/c1-10-5-14-9-15-6-11(2)13(4)8-17(15)16(14)7-12(10)3;14-12-5-1-10(2-6-12)9-11-3-7-13(15)8-4-11;1-5-6-10-7-8-11(9-10)12(2,3)4;;;/h5,7-8H,9H2,1-4H3;1-8H;8-10H,5-6H2,1-4H3;2*1H;/q;;;;;+2/p-2. The Kier molecular flexibility index (Phi) is 12.2. The maximum Gasteiger partial charge on any atom is -1.00 e. The van der Waals surface area contributed by atoms with Crippen molar-refractivity contribution >= 4 is 29.7 Å². The van der Waals surface area contributed by atoms with Gasteiger partial charge in [-0.2, -0.15) is 0 Å². The van der Waals surface area contributed by atoms with Crippen molar-refractivity contribution in [1.82, 2.24) is 0 Å². The quantitative estimate of drug-likeness (QED) is 0.211. The second-order valence-corrected chi connectivity index (χ2v) is 20.7. The van der Waals surface area contributed by atoms with E-state index in [1.807, 2.05) is 0 Å². The Morgan fingerprint density at radius 3 is 1.83 bits per heavy atom. The van der Waals surface area contributed by atoms with E-state index in [1.165, 1.54) is 71.7 Å². The van der Waals surface area contributed by atoms with Crippen molar-refractivity contribution in [1.29, 1.82) is 0 Å². The van der Waals surface area contributed by atoms with Crippen LogP contribution in [0.5, 0.6) is 0 Å². The minimum absolute atomic E-state index is 0. The molecule has 0 amide bonds. The van der Waals surface area contributed by atoms with Crippen LogP contribution in [0.1, 0.15) is 85.0 Å². The zero-order valence-electron chi connectivity index (χ0n) is 28.7. The summed E-state index contributed by atoms with van der Waals surface area (Å²) in [7, 11) is 0. The summed E-state index contributed by atoms with van der Waals surface area (Å²) in [5.74, 6) is 0.456. The van der Waals surface area contributed by atoms with E-state index in [9.17, 15) is 0 Å². The summed E-state index contributed by atoms with van der Waals surface area (Å²) in [6, 6.07) is 24.6. The summed E-state index contributed by atoms with van der Waals surface area (Å²) >= 11 is 10.1. The molecule has 4 aromatic carbocycles. The number of aryl methyl sites for hydroxylation is 3. The molecule has 0 aliphatic heterocycles. The molecule has 0 spiro atoms. The van der Waals surface area contributed by atoms with Gasteiger partial charge in [0.1, 0.15) is 0 Å². The molecule has 1 atom stereocenters. The predicted molar refractivity (Wildman–Crippen MR) is 193 cm³/mol. The van der Waals surface area contributed by atoms with Gasteiger partial charge in [0.2, 0.25) is 0 Å². The van der Waals surface area contributed by atoms with Gasteiger partial charge in [-0.05, 0) is 0 Å². The van der Waals surface area contributed by atoms with Gasteiger partial charge in [-0.15, -0.1) is 0 Å². The molecule has 0 saturated carbocycles. The molecule has 244 valence electrons. The van der Waals surface area contributed by atoms with Crippen molar-refractivity contribution < 1.29 is 46.1 Å². The van der Waals surface area contributed by atoms with Gasteiger partial charge in [0.15, 0.2) is 0 Å². The topological polar surface area (TPSA) is 0 Å². The number of halogens is 4. The normalized spacial score (nSPS) is 14.6. The molecule has 0 heterocycles. The number of fused-ring (bicyclic) bond motifs is 3. The van der Waals surface area contributed by atoms with Gasteiger partial charge in [0.05, 0.1) is 0 Å². The van der Waals surface area contributed by atoms with Crippen LogP contribution in [0.15, 0.2) is 87.7 Å². The van der Waals surface area contributed by atoms with E-state index in [1.54, 1.807) is 12.1 Å². The summed E-state index contributed by atoms with van der Waals surface area (Å²) in [5, 5.41) is 1.54. The third-order valence-corrected chi connectivity index (χ3v) is 18.7. The average molecular weight is 782 g/mol. The monoisotopic (exact) mass is 778 g/mol. The fourth-order valence-electron chi connectivity index (χ4n) is 7.20. The molecule has 0 bridgehead atoms. The fraction of sp³-hybridized carbons (Fsp3) is 0.310.